The first-order valence-electron chi connectivity index (χ1n) is 6.53. The summed E-state index contributed by atoms with van der Waals surface area (Å²) in [7, 11) is 1.73. The number of benzene rings is 1. The predicted octanol–water partition coefficient (Wildman–Crippen LogP) is 3.43. The number of alkyl halides is 3. The molecule has 6 heteroatoms. The fraction of sp³-hybridized carbons (Fsp3) is 0.333. The fourth-order valence-electron chi connectivity index (χ4n) is 2.12. The van der Waals surface area contributed by atoms with Crippen molar-refractivity contribution in [1.29, 1.82) is 0 Å². The lowest BCUT2D eigenvalue weighted by Gasteiger charge is -2.07. The normalized spacial score (nSPS) is 11.7. The molecule has 0 saturated carbocycles. The van der Waals surface area contributed by atoms with Crippen molar-refractivity contribution in [2.75, 3.05) is 0 Å². The Morgan fingerprint density at radius 3 is 2.38 bits per heavy atom. The molecule has 2 rings (SSSR count). The third-order valence-corrected chi connectivity index (χ3v) is 3.19. The summed E-state index contributed by atoms with van der Waals surface area (Å²) < 4.78 is 39.0. The number of hydrogen-bond donors (Lipinski definition) is 0. The van der Waals surface area contributed by atoms with E-state index in [0.717, 1.165) is 12.1 Å². The highest BCUT2D eigenvalue weighted by atomic mass is 19.4. The number of carbonyl (C=O) groups excluding carboxylic acids is 1. The van der Waals surface area contributed by atoms with Crippen LogP contribution in [0.3, 0.4) is 0 Å². The van der Waals surface area contributed by atoms with Crippen LogP contribution in [0.1, 0.15) is 34.1 Å². The van der Waals surface area contributed by atoms with Gasteiger partial charge in [0.2, 0.25) is 0 Å². The fourth-order valence-corrected chi connectivity index (χ4v) is 2.12. The predicted molar refractivity (Wildman–Crippen MR) is 72.1 cm³/mol. The van der Waals surface area contributed by atoms with Crippen molar-refractivity contribution < 1.29 is 18.0 Å². The second kappa shape index (κ2) is 5.71. The minimum atomic E-state index is -4.36. The van der Waals surface area contributed by atoms with Crippen LogP contribution in [0.4, 0.5) is 13.2 Å². The number of ketones is 1. The van der Waals surface area contributed by atoms with E-state index in [9.17, 15) is 18.0 Å². The summed E-state index contributed by atoms with van der Waals surface area (Å²) in [6.07, 6.45) is -2.02. The molecule has 0 aliphatic heterocycles. The Hall–Kier alpha value is -2.11. The van der Waals surface area contributed by atoms with E-state index in [-0.39, 0.29) is 12.2 Å². The van der Waals surface area contributed by atoms with E-state index < -0.39 is 11.7 Å². The van der Waals surface area contributed by atoms with Gasteiger partial charge in [-0.15, -0.1) is 0 Å². The molecule has 112 valence electrons. The first kappa shape index (κ1) is 15.3. The molecule has 1 heterocycles. The van der Waals surface area contributed by atoms with E-state index >= 15 is 0 Å². The van der Waals surface area contributed by atoms with Gasteiger partial charge in [-0.25, -0.2) is 0 Å². The number of nitrogens with zero attached hydrogens (tertiary/aromatic N) is 2. The van der Waals surface area contributed by atoms with Crippen LogP contribution in [0, 0.1) is 0 Å². The second-order valence-electron chi connectivity index (χ2n) is 4.81. The lowest BCUT2D eigenvalue weighted by atomic mass is 10.0. The molecule has 0 unspecified atom stereocenters. The van der Waals surface area contributed by atoms with Crippen LogP contribution < -0.4 is 0 Å². The third-order valence-electron chi connectivity index (χ3n) is 3.19. The monoisotopic (exact) mass is 296 g/mol. The number of rotatable bonds is 4. The Morgan fingerprint density at radius 1 is 1.24 bits per heavy atom. The Morgan fingerprint density at radius 2 is 1.86 bits per heavy atom. The number of halogens is 3. The Balaban J connectivity index is 2.16. The van der Waals surface area contributed by atoms with Gasteiger partial charge in [0.25, 0.3) is 0 Å². The number of Topliss-reactive ketones (excluding diaryl/α,β-unsaturated/α-hetero) is 1. The van der Waals surface area contributed by atoms with Crippen molar-refractivity contribution in [1.82, 2.24) is 9.78 Å². The average molecular weight is 296 g/mol. The van der Waals surface area contributed by atoms with E-state index in [1.165, 1.54) is 12.1 Å². The molecule has 0 spiro atoms. The zero-order chi connectivity index (χ0) is 15.6. The highest BCUT2D eigenvalue weighted by Gasteiger charge is 2.30. The number of carbonyl (C=O) groups is 1. The van der Waals surface area contributed by atoms with E-state index in [1.54, 1.807) is 17.9 Å². The standard InChI is InChI=1S/C15H15F3N2O/c1-3-13-12(9-20(2)19-13)14(21)8-10-4-6-11(7-5-10)15(16,17)18/h4-7,9H,3,8H2,1-2H3. The number of aryl methyl sites for hydroxylation is 2. The molecule has 1 aromatic heterocycles. The number of aromatic nitrogens is 2. The molecule has 0 fully saturated rings. The molecule has 0 N–H and O–H groups in total. The molecule has 0 amide bonds. The maximum atomic E-state index is 12.5. The molecule has 21 heavy (non-hydrogen) atoms. The van der Waals surface area contributed by atoms with Gasteiger partial charge < -0.3 is 0 Å². The smallest absolute Gasteiger partial charge is 0.294 e. The van der Waals surface area contributed by atoms with Gasteiger partial charge in [-0.05, 0) is 24.1 Å². The van der Waals surface area contributed by atoms with Crippen LogP contribution in [0.5, 0.6) is 0 Å². The zero-order valence-corrected chi connectivity index (χ0v) is 11.7. The minimum absolute atomic E-state index is 0.0663. The molecule has 0 radical (unpaired) electrons. The zero-order valence-electron chi connectivity index (χ0n) is 11.7. The molecule has 0 saturated heterocycles. The third kappa shape index (κ3) is 3.51. The van der Waals surface area contributed by atoms with Crippen molar-refractivity contribution in [3.8, 4) is 0 Å². The highest BCUT2D eigenvalue weighted by molar-refractivity contribution is 5.98. The molecule has 0 aliphatic rings. The maximum absolute atomic E-state index is 12.5. The lowest BCUT2D eigenvalue weighted by molar-refractivity contribution is -0.137. The molecule has 0 aliphatic carbocycles. The molecular formula is C15H15F3N2O. The summed E-state index contributed by atoms with van der Waals surface area (Å²) in [5.74, 6) is -0.139. The summed E-state index contributed by atoms with van der Waals surface area (Å²) in [5, 5.41) is 4.19. The minimum Gasteiger partial charge on any atom is -0.294 e. The van der Waals surface area contributed by atoms with Gasteiger partial charge in [0.1, 0.15) is 0 Å². The number of hydrogen-bond acceptors (Lipinski definition) is 2. The van der Waals surface area contributed by atoms with Gasteiger partial charge >= 0.3 is 6.18 Å². The summed E-state index contributed by atoms with van der Waals surface area (Å²) in [6.45, 7) is 1.90. The van der Waals surface area contributed by atoms with Crippen molar-refractivity contribution in [3.63, 3.8) is 0 Å². The quantitative estimate of drug-likeness (QED) is 0.810. The van der Waals surface area contributed by atoms with Crippen molar-refractivity contribution in [2.45, 2.75) is 25.9 Å². The average Bonchev–Trinajstić information content (AvgIpc) is 2.79. The van der Waals surface area contributed by atoms with Gasteiger partial charge in [-0.1, -0.05) is 19.1 Å². The molecule has 1 aromatic carbocycles. The lowest BCUT2D eigenvalue weighted by Crippen LogP contribution is -2.07. The van der Waals surface area contributed by atoms with Gasteiger partial charge in [-0.2, -0.15) is 18.3 Å². The van der Waals surface area contributed by atoms with E-state index in [1.807, 2.05) is 6.92 Å². The largest absolute Gasteiger partial charge is 0.416 e. The van der Waals surface area contributed by atoms with Crippen molar-refractivity contribution >= 4 is 5.78 Å². The molecule has 3 nitrogen and oxygen atoms in total. The highest BCUT2D eigenvalue weighted by Crippen LogP contribution is 2.29. The van der Waals surface area contributed by atoms with E-state index in [2.05, 4.69) is 5.10 Å². The maximum Gasteiger partial charge on any atom is 0.416 e. The van der Waals surface area contributed by atoms with Crippen molar-refractivity contribution in [3.05, 3.63) is 52.8 Å². The Bertz CT molecular complexity index is 642. The molecule has 0 bridgehead atoms. The van der Waals surface area contributed by atoms with Crippen LogP contribution in [0.2, 0.25) is 0 Å². The van der Waals surface area contributed by atoms with Crippen LogP contribution >= 0.6 is 0 Å². The SMILES string of the molecule is CCc1nn(C)cc1C(=O)Cc1ccc(C(F)(F)F)cc1. The molecule has 2 aromatic rings. The van der Waals surface area contributed by atoms with Crippen LogP contribution in [-0.2, 0) is 26.1 Å². The summed E-state index contributed by atoms with van der Waals surface area (Å²) >= 11 is 0. The van der Waals surface area contributed by atoms with Crippen LogP contribution in [-0.4, -0.2) is 15.6 Å². The summed E-state index contributed by atoms with van der Waals surface area (Å²) in [4.78, 5) is 12.2. The van der Waals surface area contributed by atoms with Gasteiger partial charge in [-0.3, -0.25) is 9.48 Å². The van der Waals surface area contributed by atoms with Crippen molar-refractivity contribution in [2.24, 2.45) is 7.05 Å². The van der Waals surface area contributed by atoms with Gasteiger partial charge in [0.15, 0.2) is 5.78 Å². The second-order valence-corrected chi connectivity index (χ2v) is 4.81. The molecular weight excluding hydrogens is 281 g/mol. The topological polar surface area (TPSA) is 34.9 Å². The van der Waals surface area contributed by atoms with Gasteiger partial charge in [0, 0.05) is 19.7 Å². The van der Waals surface area contributed by atoms with Gasteiger partial charge in [0.05, 0.1) is 16.8 Å². The molecule has 0 atom stereocenters. The van der Waals surface area contributed by atoms with E-state index in [0.29, 0.717) is 23.2 Å². The Kier molecular flexibility index (Phi) is 4.16. The summed E-state index contributed by atoms with van der Waals surface area (Å²) in [6, 6.07) is 4.66. The van der Waals surface area contributed by atoms with Crippen LogP contribution in [0.15, 0.2) is 30.5 Å². The summed E-state index contributed by atoms with van der Waals surface area (Å²) in [5.41, 5.74) is 1.07. The first-order valence-corrected chi connectivity index (χ1v) is 6.53. The Labute approximate surface area is 120 Å². The van der Waals surface area contributed by atoms with E-state index in [4.69, 9.17) is 0 Å². The first-order chi connectivity index (χ1) is 9.81. The van der Waals surface area contributed by atoms with Crippen LogP contribution in [0.25, 0.3) is 0 Å².